The van der Waals surface area contributed by atoms with Crippen molar-refractivity contribution in [1.82, 2.24) is 19.9 Å². The molecule has 0 unspecified atom stereocenters. The van der Waals surface area contributed by atoms with Crippen molar-refractivity contribution >= 4 is 33.7 Å². The van der Waals surface area contributed by atoms with Crippen molar-refractivity contribution in [2.75, 3.05) is 13.1 Å². The Morgan fingerprint density at radius 2 is 0.796 bits per heavy atom. The molecule has 0 aliphatic rings. The zero-order valence-electron chi connectivity index (χ0n) is 33.3. The number of nitrogens with two attached hydrogens (primary N) is 2. The van der Waals surface area contributed by atoms with E-state index in [4.69, 9.17) is 21.4 Å². The zero-order chi connectivity index (χ0) is 37.8. The summed E-state index contributed by atoms with van der Waals surface area (Å²) in [6.07, 6.45) is 26.3. The fourth-order valence-electron chi connectivity index (χ4n) is 7.18. The number of hydrogen-bond donors (Lipinski definition) is 4. The molecule has 0 saturated carbocycles. The number of nitrogens with one attached hydrogen (secondary N) is 2. The van der Waals surface area contributed by atoms with E-state index in [2.05, 4.69) is 70.2 Å². The molecular weight excluding hydrogens is 665 g/mol. The second-order valence-electron chi connectivity index (χ2n) is 15.1. The number of imidazole rings is 2. The zero-order valence-corrected chi connectivity index (χ0v) is 33.3. The molecular formula is C46H66N8. The topological polar surface area (TPSA) is 134 Å². The van der Waals surface area contributed by atoms with E-state index in [1.807, 2.05) is 24.3 Å². The minimum absolute atomic E-state index is 0.589. The van der Waals surface area contributed by atoms with Crippen LogP contribution in [0.2, 0.25) is 0 Å². The van der Waals surface area contributed by atoms with E-state index in [-0.39, 0.29) is 0 Å². The Kier molecular flexibility index (Phi) is 17.1. The summed E-state index contributed by atoms with van der Waals surface area (Å²) in [6.45, 7) is 6.09. The molecule has 0 saturated heterocycles. The second-order valence-corrected chi connectivity index (χ2v) is 15.1. The Balaban J connectivity index is 1.08. The number of aromatic amines is 2. The van der Waals surface area contributed by atoms with Gasteiger partial charge in [-0.1, -0.05) is 154 Å². The van der Waals surface area contributed by atoms with E-state index in [9.17, 15) is 0 Å². The average molecular weight is 731 g/mol. The molecule has 8 heteroatoms. The average Bonchev–Trinajstić information content (AvgIpc) is 3.83. The molecule has 0 amide bonds. The van der Waals surface area contributed by atoms with Gasteiger partial charge in [0.25, 0.3) is 0 Å². The number of amidine groups is 2. The number of benzene rings is 3. The quantitative estimate of drug-likeness (QED) is 0.0256. The SMILES string of the molecule is CCCCCCCCCCCCN=C(N)c1ccc2nc(-c3ccc(-c4nc5ccc(C(N)=NCCCCCCCCCCCC)cc5[nH]4)cc3)[nH]c2c1. The standard InChI is InChI=1S/C46H66N8/c1-3-5-7-9-11-13-15-17-19-21-31-49-43(47)37-27-29-39-41(33-37)53-45(51-39)35-23-25-36(26-24-35)46-52-40-30-28-38(34-42(40)54-46)44(48)50-32-22-20-18-16-14-12-10-8-6-4-2/h23-30,33-34H,3-22,31-32H2,1-2H3,(H2,47,49)(H2,48,50)(H,51,53)(H,52,54). The summed E-state index contributed by atoms with van der Waals surface area (Å²) < 4.78 is 0. The fourth-order valence-corrected chi connectivity index (χ4v) is 7.18. The largest absolute Gasteiger partial charge is 0.384 e. The van der Waals surface area contributed by atoms with Crippen molar-refractivity contribution in [3.05, 3.63) is 71.8 Å². The third kappa shape index (κ3) is 12.8. The highest BCUT2D eigenvalue weighted by molar-refractivity contribution is 6.01. The first kappa shape index (κ1) is 40.7. The summed E-state index contributed by atoms with van der Waals surface area (Å²) in [5, 5.41) is 0. The molecule has 5 rings (SSSR count). The fraction of sp³-hybridized carbons (Fsp3) is 0.522. The number of unbranched alkanes of at least 4 members (excludes halogenated alkanes) is 18. The van der Waals surface area contributed by atoms with Crippen LogP contribution < -0.4 is 11.5 Å². The van der Waals surface area contributed by atoms with E-state index in [1.54, 1.807) is 0 Å². The number of hydrogen-bond acceptors (Lipinski definition) is 4. The predicted molar refractivity (Wildman–Crippen MR) is 231 cm³/mol. The first-order valence-corrected chi connectivity index (χ1v) is 21.3. The Morgan fingerprint density at radius 1 is 0.463 bits per heavy atom. The van der Waals surface area contributed by atoms with Gasteiger partial charge in [-0.25, -0.2) is 9.97 Å². The van der Waals surface area contributed by atoms with Crippen LogP contribution in [0.3, 0.4) is 0 Å². The molecule has 2 heterocycles. The summed E-state index contributed by atoms with van der Waals surface area (Å²) in [5.41, 5.74) is 20.4. The molecule has 54 heavy (non-hydrogen) atoms. The molecule has 5 aromatic rings. The van der Waals surface area contributed by atoms with Gasteiger partial charge in [-0.2, -0.15) is 0 Å². The number of fused-ring (bicyclic) bond motifs is 2. The van der Waals surface area contributed by atoms with Crippen LogP contribution >= 0.6 is 0 Å². The molecule has 0 spiro atoms. The molecule has 0 atom stereocenters. The number of nitrogens with zero attached hydrogens (tertiary/aromatic N) is 4. The van der Waals surface area contributed by atoms with E-state index < -0.39 is 0 Å². The molecule has 3 aromatic carbocycles. The third-order valence-corrected chi connectivity index (χ3v) is 10.6. The van der Waals surface area contributed by atoms with Crippen LogP contribution in [0.4, 0.5) is 0 Å². The van der Waals surface area contributed by atoms with Gasteiger partial charge in [0.15, 0.2) is 0 Å². The van der Waals surface area contributed by atoms with Gasteiger partial charge in [0.2, 0.25) is 0 Å². The molecule has 8 nitrogen and oxygen atoms in total. The molecule has 2 aromatic heterocycles. The minimum atomic E-state index is 0.589. The molecule has 0 aliphatic carbocycles. The lowest BCUT2D eigenvalue weighted by Crippen LogP contribution is -2.13. The van der Waals surface area contributed by atoms with Crippen molar-refractivity contribution < 1.29 is 0 Å². The van der Waals surface area contributed by atoms with E-state index in [1.165, 1.54) is 116 Å². The van der Waals surface area contributed by atoms with Gasteiger partial charge >= 0.3 is 0 Å². The van der Waals surface area contributed by atoms with Crippen LogP contribution in [-0.4, -0.2) is 44.7 Å². The monoisotopic (exact) mass is 731 g/mol. The number of aliphatic imine (C=N–C) groups is 2. The van der Waals surface area contributed by atoms with Crippen molar-refractivity contribution in [1.29, 1.82) is 0 Å². The Morgan fingerprint density at radius 3 is 1.15 bits per heavy atom. The van der Waals surface area contributed by atoms with Crippen LogP contribution in [0.25, 0.3) is 44.8 Å². The maximum Gasteiger partial charge on any atom is 0.138 e. The first-order valence-electron chi connectivity index (χ1n) is 21.3. The highest BCUT2D eigenvalue weighted by Crippen LogP contribution is 2.26. The van der Waals surface area contributed by atoms with Gasteiger partial charge in [-0.15, -0.1) is 0 Å². The Labute approximate surface area is 324 Å². The smallest absolute Gasteiger partial charge is 0.138 e. The minimum Gasteiger partial charge on any atom is -0.384 e. The third-order valence-electron chi connectivity index (χ3n) is 10.6. The van der Waals surface area contributed by atoms with Crippen LogP contribution in [0.5, 0.6) is 0 Å². The highest BCUT2D eigenvalue weighted by Gasteiger charge is 2.11. The maximum atomic E-state index is 6.40. The molecule has 0 aliphatic heterocycles. The maximum absolute atomic E-state index is 6.40. The number of aromatic nitrogens is 4. The van der Waals surface area contributed by atoms with E-state index in [0.29, 0.717) is 11.7 Å². The van der Waals surface area contributed by atoms with Gasteiger partial charge < -0.3 is 21.4 Å². The summed E-state index contributed by atoms with van der Waals surface area (Å²) in [7, 11) is 0. The summed E-state index contributed by atoms with van der Waals surface area (Å²) in [4.78, 5) is 26.0. The summed E-state index contributed by atoms with van der Waals surface area (Å²) >= 11 is 0. The van der Waals surface area contributed by atoms with Crippen molar-refractivity contribution in [3.63, 3.8) is 0 Å². The Bertz CT molecular complexity index is 1740. The van der Waals surface area contributed by atoms with Gasteiger partial charge in [0, 0.05) is 35.3 Å². The van der Waals surface area contributed by atoms with Crippen LogP contribution in [-0.2, 0) is 0 Å². The van der Waals surface area contributed by atoms with Crippen LogP contribution in [0.15, 0.2) is 70.6 Å². The van der Waals surface area contributed by atoms with Gasteiger partial charge in [-0.3, -0.25) is 9.98 Å². The molecule has 0 bridgehead atoms. The number of H-pyrrole nitrogens is 2. The second kappa shape index (κ2) is 22.7. The van der Waals surface area contributed by atoms with Crippen molar-refractivity contribution in [3.8, 4) is 22.8 Å². The lowest BCUT2D eigenvalue weighted by atomic mass is 10.1. The first-order chi connectivity index (χ1) is 26.6. The van der Waals surface area contributed by atoms with Gasteiger partial charge in [-0.05, 0) is 49.2 Å². The molecule has 6 N–H and O–H groups in total. The highest BCUT2D eigenvalue weighted by atomic mass is 14.9. The van der Waals surface area contributed by atoms with Crippen molar-refractivity contribution in [2.24, 2.45) is 21.5 Å². The molecule has 290 valence electrons. The Hall–Kier alpha value is -4.46. The summed E-state index contributed by atoms with van der Waals surface area (Å²) in [5.74, 6) is 2.81. The predicted octanol–water partition coefficient (Wildman–Crippen LogP) is 12.0. The normalized spacial score (nSPS) is 12.4. The molecule has 0 radical (unpaired) electrons. The van der Waals surface area contributed by atoms with Gasteiger partial charge in [0.05, 0.1) is 22.1 Å². The summed E-state index contributed by atoms with van der Waals surface area (Å²) in [6, 6.07) is 20.5. The van der Waals surface area contributed by atoms with Crippen LogP contribution in [0, 0.1) is 0 Å². The van der Waals surface area contributed by atoms with Crippen LogP contribution in [0.1, 0.15) is 153 Å². The number of rotatable bonds is 26. The lowest BCUT2D eigenvalue weighted by Gasteiger charge is -2.03. The van der Waals surface area contributed by atoms with Gasteiger partial charge in [0.1, 0.15) is 23.3 Å². The van der Waals surface area contributed by atoms with Crippen molar-refractivity contribution in [2.45, 2.75) is 142 Å². The lowest BCUT2D eigenvalue weighted by molar-refractivity contribution is 0.558. The van der Waals surface area contributed by atoms with E-state index >= 15 is 0 Å². The molecule has 0 fully saturated rings. The van der Waals surface area contributed by atoms with E-state index in [0.717, 1.165) is 81.9 Å².